The van der Waals surface area contributed by atoms with Crippen molar-refractivity contribution in [2.24, 2.45) is 5.92 Å². The minimum absolute atomic E-state index is 0.0472. The molecule has 2 rings (SSSR count). The average molecular weight is 374 g/mol. The molecule has 1 N–H and O–H groups in total. The molecule has 140 valence electrons. The number of rotatable bonds is 7. The minimum atomic E-state index is -0.401. The lowest BCUT2D eigenvalue weighted by Gasteiger charge is -2.13. The molecular weight excluding hydrogens is 346 g/mol. The number of ether oxygens (including phenoxy) is 1. The largest absolute Gasteiger partial charge is 0.462 e. The second-order valence-electron chi connectivity index (χ2n) is 6.38. The number of benzene rings is 1. The lowest BCUT2D eigenvalue weighted by atomic mass is 9.99. The Labute approximate surface area is 159 Å². The summed E-state index contributed by atoms with van der Waals surface area (Å²) in [6.45, 7) is 10.2. The maximum atomic E-state index is 12.6. The van der Waals surface area contributed by atoms with E-state index in [9.17, 15) is 9.59 Å². The van der Waals surface area contributed by atoms with Crippen LogP contribution in [0.2, 0.25) is 0 Å². The van der Waals surface area contributed by atoms with Gasteiger partial charge in [0.05, 0.1) is 6.61 Å². The fourth-order valence-electron chi connectivity index (χ4n) is 2.85. The van der Waals surface area contributed by atoms with E-state index in [-0.39, 0.29) is 11.8 Å². The number of hydrogen-bond donors (Lipinski definition) is 1. The first-order valence-corrected chi connectivity index (χ1v) is 9.97. The van der Waals surface area contributed by atoms with E-state index in [1.807, 2.05) is 38.3 Å². The highest BCUT2D eigenvalue weighted by molar-refractivity contribution is 7.15. The van der Waals surface area contributed by atoms with Gasteiger partial charge in [0.2, 0.25) is 5.91 Å². The van der Waals surface area contributed by atoms with Crippen LogP contribution in [-0.4, -0.2) is 18.5 Å². The van der Waals surface area contributed by atoms with Crippen molar-refractivity contribution in [1.29, 1.82) is 0 Å². The maximum Gasteiger partial charge on any atom is 0.341 e. The molecule has 1 aromatic carbocycles. The number of aryl methyl sites for hydroxylation is 2. The van der Waals surface area contributed by atoms with Crippen molar-refractivity contribution in [3.05, 3.63) is 40.3 Å². The Morgan fingerprint density at radius 1 is 1.12 bits per heavy atom. The number of carbonyl (C=O) groups excluding carboxylic acids is 2. The standard InChI is InChI=1S/C21H27NO3S/c1-6-15(7-2)19(23)22-20-18(21(24)25-8-3)17(12-26-20)16-10-9-13(4)14(5)11-16/h9-12,15H,6-8H2,1-5H3,(H,22,23). The summed E-state index contributed by atoms with van der Waals surface area (Å²) < 4.78 is 5.25. The van der Waals surface area contributed by atoms with Gasteiger partial charge in [0, 0.05) is 16.9 Å². The summed E-state index contributed by atoms with van der Waals surface area (Å²) in [4.78, 5) is 25.1. The van der Waals surface area contributed by atoms with Crippen molar-refractivity contribution >= 4 is 28.2 Å². The van der Waals surface area contributed by atoms with Crippen molar-refractivity contribution < 1.29 is 14.3 Å². The van der Waals surface area contributed by atoms with Gasteiger partial charge in [0.25, 0.3) is 0 Å². The van der Waals surface area contributed by atoms with Crippen LogP contribution >= 0.6 is 11.3 Å². The van der Waals surface area contributed by atoms with E-state index in [4.69, 9.17) is 4.74 Å². The maximum absolute atomic E-state index is 12.6. The third kappa shape index (κ3) is 4.33. The summed E-state index contributed by atoms with van der Waals surface area (Å²) in [6, 6.07) is 6.10. The van der Waals surface area contributed by atoms with Crippen LogP contribution in [0, 0.1) is 19.8 Å². The Bertz CT molecular complexity index is 791. The summed E-state index contributed by atoms with van der Waals surface area (Å²) in [5.74, 6) is -0.506. The van der Waals surface area contributed by atoms with Crippen LogP contribution in [0.4, 0.5) is 5.00 Å². The van der Waals surface area contributed by atoms with Crippen LogP contribution in [0.3, 0.4) is 0 Å². The molecule has 0 radical (unpaired) electrons. The molecule has 0 bridgehead atoms. The van der Waals surface area contributed by atoms with E-state index in [2.05, 4.69) is 18.3 Å². The third-order valence-corrected chi connectivity index (χ3v) is 5.58. The van der Waals surface area contributed by atoms with E-state index in [1.54, 1.807) is 6.92 Å². The predicted molar refractivity (Wildman–Crippen MR) is 108 cm³/mol. The number of amides is 1. The Hall–Kier alpha value is -2.14. The highest BCUT2D eigenvalue weighted by Gasteiger charge is 2.24. The molecule has 2 aromatic rings. The van der Waals surface area contributed by atoms with Gasteiger partial charge in [-0.2, -0.15) is 0 Å². The summed E-state index contributed by atoms with van der Waals surface area (Å²) in [7, 11) is 0. The highest BCUT2D eigenvalue weighted by atomic mass is 32.1. The molecule has 4 nitrogen and oxygen atoms in total. The highest BCUT2D eigenvalue weighted by Crippen LogP contribution is 2.37. The minimum Gasteiger partial charge on any atom is -0.462 e. The van der Waals surface area contributed by atoms with Gasteiger partial charge in [-0.3, -0.25) is 4.79 Å². The van der Waals surface area contributed by atoms with Crippen molar-refractivity contribution in [2.75, 3.05) is 11.9 Å². The molecule has 0 spiro atoms. The first-order valence-electron chi connectivity index (χ1n) is 9.09. The molecule has 0 aliphatic rings. The molecule has 1 aromatic heterocycles. The van der Waals surface area contributed by atoms with Gasteiger partial charge in [0.15, 0.2) is 0 Å². The monoisotopic (exact) mass is 373 g/mol. The fourth-order valence-corrected chi connectivity index (χ4v) is 3.81. The Morgan fingerprint density at radius 2 is 1.81 bits per heavy atom. The molecule has 0 aliphatic heterocycles. The zero-order valence-corrected chi connectivity index (χ0v) is 17.0. The SMILES string of the molecule is CCOC(=O)c1c(-c2ccc(C)c(C)c2)csc1NC(=O)C(CC)CC. The molecule has 0 aliphatic carbocycles. The lowest BCUT2D eigenvalue weighted by molar-refractivity contribution is -0.120. The number of carbonyl (C=O) groups is 2. The normalized spacial score (nSPS) is 10.8. The van der Waals surface area contributed by atoms with E-state index in [0.717, 1.165) is 29.5 Å². The van der Waals surface area contributed by atoms with Gasteiger partial charge < -0.3 is 10.1 Å². The van der Waals surface area contributed by atoms with E-state index >= 15 is 0 Å². The van der Waals surface area contributed by atoms with Crippen LogP contribution in [0.15, 0.2) is 23.6 Å². The van der Waals surface area contributed by atoms with Gasteiger partial charge in [-0.05, 0) is 50.3 Å². The molecular formula is C21H27NO3S. The van der Waals surface area contributed by atoms with Crippen molar-refractivity contribution in [3.8, 4) is 11.1 Å². The zero-order valence-electron chi connectivity index (χ0n) is 16.1. The van der Waals surface area contributed by atoms with Gasteiger partial charge in [0.1, 0.15) is 10.6 Å². The van der Waals surface area contributed by atoms with Crippen LogP contribution in [0.5, 0.6) is 0 Å². The first-order chi connectivity index (χ1) is 12.4. The second kappa shape index (κ2) is 8.99. The number of hydrogen-bond acceptors (Lipinski definition) is 4. The smallest absolute Gasteiger partial charge is 0.341 e. The zero-order chi connectivity index (χ0) is 19.3. The average Bonchev–Trinajstić information content (AvgIpc) is 3.02. The summed E-state index contributed by atoms with van der Waals surface area (Å²) in [5, 5.41) is 5.43. The molecule has 0 unspecified atom stereocenters. The Kier molecular flexibility index (Phi) is 6.98. The molecule has 0 saturated heterocycles. The van der Waals surface area contributed by atoms with Crippen LogP contribution in [-0.2, 0) is 9.53 Å². The molecule has 0 saturated carbocycles. The third-order valence-electron chi connectivity index (χ3n) is 4.68. The van der Waals surface area contributed by atoms with Crippen LogP contribution in [0.25, 0.3) is 11.1 Å². The molecule has 1 amide bonds. The fraction of sp³-hybridized carbons (Fsp3) is 0.429. The lowest BCUT2D eigenvalue weighted by Crippen LogP contribution is -2.22. The van der Waals surface area contributed by atoms with Crippen LogP contribution < -0.4 is 5.32 Å². The van der Waals surface area contributed by atoms with Crippen molar-refractivity contribution in [2.45, 2.75) is 47.5 Å². The van der Waals surface area contributed by atoms with Crippen molar-refractivity contribution in [1.82, 2.24) is 0 Å². The molecule has 5 heteroatoms. The van der Waals surface area contributed by atoms with Crippen LogP contribution in [0.1, 0.15) is 55.1 Å². The van der Waals surface area contributed by atoms with Crippen molar-refractivity contribution in [3.63, 3.8) is 0 Å². The number of esters is 1. The first kappa shape index (κ1) is 20.2. The number of thiophene rings is 1. The predicted octanol–water partition coefficient (Wildman–Crippen LogP) is 5.58. The molecule has 0 atom stereocenters. The summed E-state index contributed by atoms with van der Waals surface area (Å²) in [6.07, 6.45) is 1.54. The van der Waals surface area contributed by atoms with Gasteiger partial charge >= 0.3 is 5.97 Å². The second-order valence-corrected chi connectivity index (χ2v) is 7.26. The van der Waals surface area contributed by atoms with E-state index in [0.29, 0.717) is 17.2 Å². The number of nitrogens with one attached hydrogen (secondary N) is 1. The topological polar surface area (TPSA) is 55.4 Å². The number of anilines is 1. The van der Waals surface area contributed by atoms with Gasteiger partial charge in [-0.1, -0.05) is 32.0 Å². The van der Waals surface area contributed by atoms with Gasteiger partial charge in [-0.15, -0.1) is 11.3 Å². The Balaban J connectivity index is 2.46. The Morgan fingerprint density at radius 3 is 2.38 bits per heavy atom. The molecule has 1 heterocycles. The summed E-state index contributed by atoms with van der Waals surface area (Å²) >= 11 is 1.37. The van der Waals surface area contributed by atoms with E-state index in [1.165, 1.54) is 16.9 Å². The summed E-state index contributed by atoms with van der Waals surface area (Å²) in [5.41, 5.74) is 4.56. The molecule has 0 fully saturated rings. The molecule has 26 heavy (non-hydrogen) atoms. The van der Waals surface area contributed by atoms with Gasteiger partial charge in [-0.25, -0.2) is 4.79 Å². The van der Waals surface area contributed by atoms with E-state index < -0.39 is 5.97 Å². The quantitative estimate of drug-likeness (QED) is 0.644.